The Hall–Kier alpha value is -2.51. The van der Waals surface area contributed by atoms with Crippen molar-refractivity contribution in [1.82, 2.24) is 9.78 Å². The highest BCUT2D eigenvalue weighted by Crippen LogP contribution is 2.27. The monoisotopic (exact) mass is 360 g/mol. The summed E-state index contributed by atoms with van der Waals surface area (Å²) in [5.74, 6) is -0.596. The number of hydrogen-bond donors (Lipinski definition) is 0. The van der Waals surface area contributed by atoms with Gasteiger partial charge < -0.3 is 9.47 Å². The lowest BCUT2D eigenvalue weighted by molar-refractivity contribution is 0.0606. The van der Waals surface area contributed by atoms with E-state index >= 15 is 0 Å². The van der Waals surface area contributed by atoms with Crippen LogP contribution in [0.15, 0.2) is 48.7 Å². The van der Waals surface area contributed by atoms with Crippen molar-refractivity contribution in [3.05, 3.63) is 64.9 Å². The van der Waals surface area contributed by atoms with Gasteiger partial charge in [0, 0.05) is 6.20 Å². The summed E-state index contributed by atoms with van der Waals surface area (Å²) in [4.78, 5) is 13.0. The van der Waals surface area contributed by atoms with Gasteiger partial charge in [0.25, 0.3) is 0 Å². The summed E-state index contributed by atoms with van der Waals surface area (Å²) in [7, 11) is 1.36. The smallest absolute Gasteiger partial charge is 0.348 e. The van der Waals surface area contributed by atoms with E-state index in [1.54, 1.807) is 22.9 Å². The molecule has 0 saturated heterocycles. The van der Waals surface area contributed by atoms with E-state index in [9.17, 15) is 9.18 Å². The minimum Gasteiger partial charge on any atom is -0.465 e. The maximum Gasteiger partial charge on any atom is 0.348 e. The van der Waals surface area contributed by atoms with E-state index < -0.39 is 0 Å². The molecule has 0 radical (unpaired) electrons. The Bertz CT molecular complexity index is 842. The van der Waals surface area contributed by atoms with Crippen LogP contribution in [0.5, 0.6) is 0 Å². The molecule has 2 heterocycles. The van der Waals surface area contributed by atoms with Gasteiger partial charge in [-0.3, -0.25) is 4.68 Å². The third-order valence-corrected chi connectivity index (χ3v) is 4.62. The lowest BCUT2D eigenvalue weighted by atomic mass is 10.2. The van der Waals surface area contributed by atoms with Gasteiger partial charge >= 0.3 is 5.97 Å². The Morgan fingerprint density at radius 3 is 2.76 bits per heavy atom. The Morgan fingerprint density at radius 2 is 2.00 bits per heavy atom. The van der Waals surface area contributed by atoms with E-state index in [-0.39, 0.29) is 11.8 Å². The number of rotatable bonds is 7. The summed E-state index contributed by atoms with van der Waals surface area (Å²) in [6.07, 6.45) is 1.87. The van der Waals surface area contributed by atoms with Crippen molar-refractivity contribution in [2.24, 2.45) is 0 Å². The molecule has 3 rings (SSSR count). The van der Waals surface area contributed by atoms with E-state index in [0.717, 1.165) is 16.1 Å². The van der Waals surface area contributed by atoms with Crippen LogP contribution in [0, 0.1) is 5.82 Å². The molecule has 0 fully saturated rings. The Morgan fingerprint density at radius 1 is 1.20 bits per heavy atom. The molecule has 0 N–H and O–H groups in total. The van der Waals surface area contributed by atoms with Crippen LogP contribution in [0.25, 0.3) is 10.6 Å². The number of halogens is 1. The van der Waals surface area contributed by atoms with Crippen LogP contribution >= 0.6 is 11.3 Å². The summed E-state index contributed by atoms with van der Waals surface area (Å²) in [6.45, 7) is 1.54. The molecule has 0 atom stereocenters. The summed E-state index contributed by atoms with van der Waals surface area (Å²) in [5.41, 5.74) is 1.73. The fourth-order valence-electron chi connectivity index (χ4n) is 2.23. The first-order chi connectivity index (χ1) is 12.2. The van der Waals surface area contributed by atoms with Crippen LogP contribution in [-0.2, 0) is 22.6 Å². The minimum absolute atomic E-state index is 0.253. The van der Waals surface area contributed by atoms with Crippen molar-refractivity contribution < 1.29 is 18.7 Å². The zero-order valence-electron chi connectivity index (χ0n) is 13.6. The van der Waals surface area contributed by atoms with Crippen LogP contribution in [-0.4, -0.2) is 29.5 Å². The van der Waals surface area contributed by atoms with Crippen LogP contribution in [0.2, 0.25) is 0 Å². The Labute approximate surface area is 148 Å². The number of nitrogens with zero attached hydrogens (tertiary/aromatic N) is 2. The molecule has 0 aliphatic carbocycles. The van der Waals surface area contributed by atoms with Crippen molar-refractivity contribution >= 4 is 17.3 Å². The molecule has 3 aromatic rings. The van der Waals surface area contributed by atoms with Crippen molar-refractivity contribution in [2.45, 2.75) is 13.2 Å². The van der Waals surface area contributed by atoms with Crippen molar-refractivity contribution in [3.63, 3.8) is 0 Å². The molecule has 0 aliphatic heterocycles. The fourth-order valence-corrected chi connectivity index (χ4v) is 3.12. The minimum atomic E-state index is -0.343. The maximum absolute atomic E-state index is 12.8. The molecule has 130 valence electrons. The predicted molar refractivity (Wildman–Crippen MR) is 92.9 cm³/mol. The lowest BCUT2D eigenvalue weighted by Gasteiger charge is -2.04. The van der Waals surface area contributed by atoms with Gasteiger partial charge in [-0.25, -0.2) is 9.18 Å². The first-order valence-corrected chi connectivity index (χ1v) is 8.51. The van der Waals surface area contributed by atoms with Gasteiger partial charge in [0.2, 0.25) is 0 Å². The molecular weight excluding hydrogens is 343 g/mol. The molecule has 7 heteroatoms. The molecule has 2 aromatic heterocycles. The fraction of sp³-hybridized carbons (Fsp3) is 0.222. The quantitative estimate of drug-likeness (QED) is 0.476. The van der Waals surface area contributed by atoms with E-state index in [0.29, 0.717) is 24.6 Å². The summed E-state index contributed by atoms with van der Waals surface area (Å²) < 4.78 is 24.9. The summed E-state index contributed by atoms with van der Waals surface area (Å²) in [6, 6.07) is 11.7. The molecule has 0 spiro atoms. The second-order valence-electron chi connectivity index (χ2n) is 5.30. The standard InChI is InChI=1S/C18H17FN2O3S/c1-23-18(22)17-7-6-16(25-17)15-8-9-21(20-15)10-11-24-12-13-2-4-14(19)5-3-13/h2-9H,10-12H2,1H3. The molecule has 25 heavy (non-hydrogen) atoms. The Kier molecular flexibility index (Phi) is 5.57. The highest BCUT2D eigenvalue weighted by Gasteiger charge is 2.11. The average Bonchev–Trinajstić information content (AvgIpc) is 3.29. The molecule has 5 nitrogen and oxygen atoms in total. The van der Waals surface area contributed by atoms with Crippen molar-refractivity contribution in [2.75, 3.05) is 13.7 Å². The van der Waals surface area contributed by atoms with Crippen LogP contribution in [0.4, 0.5) is 4.39 Å². The third-order valence-electron chi connectivity index (χ3n) is 3.53. The molecule has 0 amide bonds. The molecule has 0 unspecified atom stereocenters. The van der Waals surface area contributed by atoms with E-state index in [1.165, 1.54) is 30.6 Å². The van der Waals surface area contributed by atoms with Gasteiger partial charge in [0.15, 0.2) is 0 Å². The van der Waals surface area contributed by atoms with E-state index in [1.807, 2.05) is 18.3 Å². The average molecular weight is 360 g/mol. The summed E-state index contributed by atoms with van der Waals surface area (Å²) >= 11 is 1.35. The zero-order chi connectivity index (χ0) is 17.6. The van der Waals surface area contributed by atoms with Gasteiger partial charge in [-0.2, -0.15) is 5.10 Å². The van der Waals surface area contributed by atoms with Crippen LogP contribution in [0.3, 0.4) is 0 Å². The molecule has 1 aromatic carbocycles. The predicted octanol–water partition coefficient (Wildman–Crippen LogP) is 3.75. The van der Waals surface area contributed by atoms with Gasteiger partial charge in [0.05, 0.1) is 31.7 Å². The van der Waals surface area contributed by atoms with Crippen molar-refractivity contribution in [3.8, 4) is 10.6 Å². The third kappa shape index (κ3) is 4.52. The van der Waals surface area contributed by atoms with Crippen LogP contribution < -0.4 is 0 Å². The first-order valence-electron chi connectivity index (χ1n) is 7.70. The van der Waals surface area contributed by atoms with Gasteiger partial charge in [-0.15, -0.1) is 11.3 Å². The number of aromatic nitrogens is 2. The SMILES string of the molecule is COC(=O)c1ccc(-c2ccn(CCOCc3ccc(F)cc3)n2)s1. The van der Waals surface area contributed by atoms with E-state index in [2.05, 4.69) is 5.10 Å². The maximum atomic E-state index is 12.8. The number of hydrogen-bond acceptors (Lipinski definition) is 5. The number of thiophene rings is 1. The number of carbonyl (C=O) groups excluding carboxylic acids is 1. The van der Waals surface area contributed by atoms with Crippen LogP contribution in [0.1, 0.15) is 15.2 Å². The Balaban J connectivity index is 1.50. The van der Waals surface area contributed by atoms with E-state index in [4.69, 9.17) is 9.47 Å². The van der Waals surface area contributed by atoms with Crippen molar-refractivity contribution in [1.29, 1.82) is 0 Å². The van der Waals surface area contributed by atoms with Gasteiger partial charge in [-0.1, -0.05) is 12.1 Å². The second-order valence-corrected chi connectivity index (χ2v) is 6.38. The number of esters is 1. The topological polar surface area (TPSA) is 53.4 Å². The molecule has 0 saturated carbocycles. The number of carbonyl (C=O) groups is 1. The number of ether oxygens (including phenoxy) is 2. The number of methoxy groups -OCH3 is 1. The largest absolute Gasteiger partial charge is 0.465 e. The zero-order valence-corrected chi connectivity index (χ0v) is 14.5. The normalized spacial score (nSPS) is 10.8. The molecule has 0 bridgehead atoms. The highest BCUT2D eigenvalue weighted by atomic mass is 32.1. The highest BCUT2D eigenvalue weighted by molar-refractivity contribution is 7.17. The second kappa shape index (κ2) is 8.04. The van der Waals surface area contributed by atoms with Gasteiger partial charge in [0.1, 0.15) is 16.4 Å². The molecule has 0 aliphatic rings. The summed E-state index contributed by atoms with van der Waals surface area (Å²) in [5, 5.41) is 4.48. The number of benzene rings is 1. The van der Waals surface area contributed by atoms with Gasteiger partial charge in [-0.05, 0) is 35.9 Å². The first kappa shape index (κ1) is 17.3. The lowest BCUT2D eigenvalue weighted by Crippen LogP contribution is -2.06. The molecular formula is C18H17FN2O3S.